The number of imidazole rings is 1. The number of aromatic amines is 1. The molecule has 1 aromatic carbocycles. The Morgan fingerprint density at radius 1 is 1.20 bits per heavy atom. The van der Waals surface area contributed by atoms with Gasteiger partial charge in [-0.2, -0.15) is 0 Å². The average Bonchev–Trinajstić information content (AvgIpc) is 2.82. The van der Waals surface area contributed by atoms with Gasteiger partial charge in [0.25, 0.3) is 0 Å². The molecule has 1 aliphatic rings. The van der Waals surface area contributed by atoms with Crippen LogP contribution in [0.15, 0.2) is 36.7 Å². The van der Waals surface area contributed by atoms with Crippen molar-refractivity contribution in [3.63, 3.8) is 0 Å². The molecule has 0 amide bonds. The van der Waals surface area contributed by atoms with Crippen LogP contribution in [0.5, 0.6) is 0 Å². The van der Waals surface area contributed by atoms with Crippen LogP contribution in [0.25, 0.3) is 0 Å². The molecule has 0 radical (unpaired) electrons. The molecule has 2 heteroatoms. The summed E-state index contributed by atoms with van der Waals surface area (Å²) in [6, 6.07) is 8.74. The summed E-state index contributed by atoms with van der Waals surface area (Å²) in [7, 11) is 0. The van der Waals surface area contributed by atoms with E-state index in [0.29, 0.717) is 5.92 Å². The van der Waals surface area contributed by atoms with Crippen molar-refractivity contribution < 1.29 is 0 Å². The molecule has 1 aliphatic carbocycles. The molecule has 1 heterocycles. The van der Waals surface area contributed by atoms with E-state index < -0.39 is 0 Å². The summed E-state index contributed by atoms with van der Waals surface area (Å²) in [5.41, 5.74) is 3.01. The molecular formula is C13H14N2. The maximum atomic E-state index is 4.36. The highest BCUT2D eigenvalue weighted by atomic mass is 14.9. The highest BCUT2D eigenvalue weighted by Crippen LogP contribution is 2.30. The first-order valence-corrected chi connectivity index (χ1v) is 5.49. The highest BCUT2D eigenvalue weighted by Gasteiger charge is 2.20. The van der Waals surface area contributed by atoms with E-state index in [1.807, 2.05) is 12.4 Å². The number of nitrogens with one attached hydrogen (secondary N) is 1. The molecule has 1 atom stereocenters. The number of rotatable bonds is 1. The van der Waals surface area contributed by atoms with Crippen LogP contribution in [0.3, 0.4) is 0 Å². The van der Waals surface area contributed by atoms with Crippen molar-refractivity contribution in [2.24, 2.45) is 0 Å². The number of hydrogen-bond acceptors (Lipinski definition) is 1. The molecule has 0 bridgehead atoms. The third-order valence-corrected chi connectivity index (χ3v) is 3.25. The standard InChI is InChI=1S/C13H14N2/c1-2-4-11-9-12(6-5-10(11)3-1)13-14-7-8-15-13/h1-4,7-8,12H,5-6,9H2,(H,14,15)/t12-/m0/s1. The predicted octanol–water partition coefficient (Wildman–Crippen LogP) is 2.68. The van der Waals surface area contributed by atoms with Crippen molar-refractivity contribution in [3.8, 4) is 0 Å². The number of aromatic nitrogens is 2. The van der Waals surface area contributed by atoms with E-state index in [1.165, 1.54) is 24.0 Å². The number of hydrogen-bond donors (Lipinski definition) is 1. The van der Waals surface area contributed by atoms with E-state index in [1.54, 1.807) is 0 Å². The first-order valence-electron chi connectivity index (χ1n) is 5.49. The van der Waals surface area contributed by atoms with Crippen LogP contribution < -0.4 is 0 Å². The summed E-state index contributed by atoms with van der Waals surface area (Å²) >= 11 is 0. The lowest BCUT2D eigenvalue weighted by Crippen LogP contribution is -2.13. The second-order valence-corrected chi connectivity index (χ2v) is 4.18. The number of aryl methyl sites for hydroxylation is 1. The van der Waals surface area contributed by atoms with Crippen molar-refractivity contribution in [3.05, 3.63) is 53.6 Å². The predicted molar refractivity (Wildman–Crippen MR) is 59.8 cm³/mol. The van der Waals surface area contributed by atoms with Gasteiger partial charge in [0.2, 0.25) is 0 Å². The van der Waals surface area contributed by atoms with Crippen LogP contribution >= 0.6 is 0 Å². The average molecular weight is 198 g/mol. The molecule has 3 rings (SSSR count). The molecule has 0 saturated heterocycles. The van der Waals surface area contributed by atoms with Crippen LogP contribution in [0.1, 0.15) is 29.3 Å². The van der Waals surface area contributed by atoms with Crippen molar-refractivity contribution in [2.75, 3.05) is 0 Å². The minimum Gasteiger partial charge on any atom is -0.348 e. The lowest BCUT2D eigenvalue weighted by molar-refractivity contribution is 0.560. The second-order valence-electron chi connectivity index (χ2n) is 4.18. The van der Waals surface area contributed by atoms with Crippen molar-refractivity contribution in [2.45, 2.75) is 25.2 Å². The summed E-state index contributed by atoms with van der Waals surface area (Å²) in [5.74, 6) is 1.72. The monoisotopic (exact) mass is 198 g/mol. The number of benzene rings is 1. The molecule has 0 fully saturated rings. The topological polar surface area (TPSA) is 28.7 Å². The maximum Gasteiger partial charge on any atom is 0.109 e. The van der Waals surface area contributed by atoms with Crippen LogP contribution in [-0.4, -0.2) is 9.97 Å². The molecule has 76 valence electrons. The van der Waals surface area contributed by atoms with Crippen LogP contribution in [0, 0.1) is 0 Å². The van der Waals surface area contributed by atoms with Gasteiger partial charge in [0.1, 0.15) is 5.82 Å². The SMILES string of the molecule is c1ccc2c(c1)CC[C@H](c1ncc[nH]1)C2. The number of nitrogens with zero attached hydrogens (tertiary/aromatic N) is 1. The van der Waals surface area contributed by atoms with E-state index in [4.69, 9.17) is 0 Å². The largest absolute Gasteiger partial charge is 0.348 e. The van der Waals surface area contributed by atoms with Gasteiger partial charge in [0, 0.05) is 18.3 Å². The van der Waals surface area contributed by atoms with Gasteiger partial charge in [-0.1, -0.05) is 24.3 Å². The molecule has 2 aromatic rings. The molecule has 0 spiro atoms. The fourth-order valence-corrected chi connectivity index (χ4v) is 2.43. The zero-order valence-electron chi connectivity index (χ0n) is 8.61. The Bertz CT molecular complexity index is 445. The third kappa shape index (κ3) is 1.56. The summed E-state index contributed by atoms with van der Waals surface area (Å²) < 4.78 is 0. The lowest BCUT2D eigenvalue weighted by Gasteiger charge is -2.22. The number of H-pyrrole nitrogens is 1. The fraction of sp³-hybridized carbons (Fsp3) is 0.308. The normalized spacial score (nSPS) is 19.9. The van der Waals surface area contributed by atoms with Crippen LogP contribution in [0.4, 0.5) is 0 Å². The van der Waals surface area contributed by atoms with Gasteiger partial charge in [0.15, 0.2) is 0 Å². The quantitative estimate of drug-likeness (QED) is 0.749. The molecule has 0 aliphatic heterocycles. The first-order chi connectivity index (χ1) is 7.43. The van der Waals surface area contributed by atoms with E-state index in [-0.39, 0.29) is 0 Å². The summed E-state index contributed by atoms with van der Waals surface area (Å²) in [4.78, 5) is 7.58. The van der Waals surface area contributed by atoms with Gasteiger partial charge in [-0.25, -0.2) is 4.98 Å². The fourth-order valence-electron chi connectivity index (χ4n) is 2.43. The molecule has 0 unspecified atom stereocenters. The van der Waals surface area contributed by atoms with Gasteiger partial charge in [-0.3, -0.25) is 0 Å². The van der Waals surface area contributed by atoms with Crippen molar-refractivity contribution >= 4 is 0 Å². The van der Waals surface area contributed by atoms with E-state index in [0.717, 1.165) is 12.2 Å². The Balaban J connectivity index is 1.89. The number of fused-ring (bicyclic) bond motifs is 1. The smallest absolute Gasteiger partial charge is 0.109 e. The van der Waals surface area contributed by atoms with E-state index in [2.05, 4.69) is 34.2 Å². The van der Waals surface area contributed by atoms with Crippen molar-refractivity contribution in [1.29, 1.82) is 0 Å². The molecule has 1 aromatic heterocycles. The summed E-state index contributed by atoms with van der Waals surface area (Å²) in [6.45, 7) is 0. The van der Waals surface area contributed by atoms with Crippen molar-refractivity contribution in [1.82, 2.24) is 9.97 Å². The summed E-state index contributed by atoms with van der Waals surface area (Å²) in [5, 5.41) is 0. The van der Waals surface area contributed by atoms with Crippen LogP contribution in [-0.2, 0) is 12.8 Å². The Hall–Kier alpha value is -1.57. The minimum absolute atomic E-state index is 0.579. The Morgan fingerprint density at radius 3 is 2.87 bits per heavy atom. The Kier molecular flexibility index (Phi) is 2.05. The molecular weight excluding hydrogens is 184 g/mol. The zero-order chi connectivity index (χ0) is 10.1. The lowest BCUT2D eigenvalue weighted by atomic mass is 9.83. The Morgan fingerprint density at radius 2 is 2.07 bits per heavy atom. The second kappa shape index (κ2) is 3.54. The van der Waals surface area contributed by atoms with E-state index >= 15 is 0 Å². The van der Waals surface area contributed by atoms with Crippen LogP contribution in [0.2, 0.25) is 0 Å². The Labute approximate surface area is 89.4 Å². The summed E-state index contributed by atoms with van der Waals surface area (Å²) in [6.07, 6.45) is 7.28. The molecule has 15 heavy (non-hydrogen) atoms. The highest BCUT2D eigenvalue weighted by molar-refractivity contribution is 5.31. The minimum atomic E-state index is 0.579. The van der Waals surface area contributed by atoms with Gasteiger partial charge in [-0.05, 0) is 30.4 Å². The molecule has 1 N–H and O–H groups in total. The van der Waals surface area contributed by atoms with Gasteiger partial charge in [0.05, 0.1) is 0 Å². The third-order valence-electron chi connectivity index (χ3n) is 3.25. The van der Waals surface area contributed by atoms with Gasteiger partial charge < -0.3 is 4.98 Å². The molecule has 0 saturated carbocycles. The van der Waals surface area contributed by atoms with Gasteiger partial charge >= 0.3 is 0 Å². The van der Waals surface area contributed by atoms with E-state index in [9.17, 15) is 0 Å². The maximum absolute atomic E-state index is 4.36. The first kappa shape index (κ1) is 8.72. The zero-order valence-corrected chi connectivity index (χ0v) is 8.61. The molecule has 2 nitrogen and oxygen atoms in total. The van der Waals surface area contributed by atoms with Gasteiger partial charge in [-0.15, -0.1) is 0 Å².